The van der Waals surface area contributed by atoms with Gasteiger partial charge in [0.1, 0.15) is 0 Å². The molecule has 2 heteroatoms. The normalized spacial score (nSPS) is 12.6. The quantitative estimate of drug-likeness (QED) is 0.853. The number of rotatable bonds is 5. The van der Waals surface area contributed by atoms with Gasteiger partial charge in [0.15, 0.2) is 0 Å². The van der Waals surface area contributed by atoms with Crippen LogP contribution in [0.2, 0.25) is 0 Å². The summed E-state index contributed by atoms with van der Waals surface area (Å²) >= 11 is 1.83. The highest BCUT2D eigenvalue weighted by Crippen LogP contribution is 2.23. The average Bonchev–Trinajstić information content (AvgIpc) is 2.83. The summed E-state index contributed by atoms with van der Waals surface area (Å²) in [4.78, 5) is 1.45. The van der Waals surface area contributed by atoms with Gasteiger partial charge in [0.25, 0.3) is 0 Å². The molecule has 0 aliphatic carbocycles. The summed E-state index contributed by atoms with van der Waals surface area (Å²) < 4.78 is 0. The van der Waals surface area contributed by atoms with Crippen LogP contribution in [0.5, 0.6) is 0 Å². The van der Waals surface area contributed by atoms with Crippen molar-refractivity contribution in [1.82, 2.24) is 0 Å². The monoisotopic (exact) mass is 245 g/mol. The van der Waals surface area contributed by atoms with Crippen molar-refractivity contribution in [1.29, 1.82) is 0 Å². The van der Waals surface area contributed by atoms with Crippen LogP contribution in [0, 0.1) is 6.92 Å². The van der Waals surface area contributed by atoms with Crippen LogP contribution in [0.1, 0.15) is 28.3 Å². The van der Waals surface area contributed by atoms with Crippen LogP contribution in [0.3, 0.4) is 0 Å². The molecule has 0 aliphatic rings. The molecule has 2 N–H and O–H groups in total. The maximum absolute atomic E-state index is 5.90. The lowest BCUT2D eigenvalue weighted by atomic mass is 9.93. The Labute approximate surface area is 107 Å². The van der Waals surface area contributed by atoms with E-state index < -0.39 is 0 Å². The summed E-state index contributed by atoms with van der Waals surface area (Å²) in [6, 6.07) is 13.0. The highest BCUT2D eigenvalue weighted by molar-refractivity contribution is 7.09. The molecule has 1 nitrogen and oxygen atoms in total. The van der Waals surface area contributed by atoms with Crippen LogP contribution in [0.4, 0.5) is 0 Å². The minimum Gasteiger partial charge on any atom is -0.330 e. The van der Waals surface area contributed by atoms with Gasteiger partial charge < -0.3 is 5.73 Å². The molecular formula is C15H19NS. The van der Waals surface area contributed by atoms with Gasteiger partial charge in [-0.2, -0.15) is 0 Å². The van der Waals surface area contributed by atoms with Gasteiger partial charge in [-0.05, 0) is 49.2 Å². The molecule has 0 aliphatic heterocycles. The van der Waals surface area contributed by atoms with E-state index in [0.717, 1.165) is 19.4 Å². The van der Waals surface area contributed by atoms with Crippen molar-refractivity contribution in [3.8, 4) is 0 Å². The second-order valence-corrected chi connectivity index (χ2v) is 5.50. The molecule has 1 unspecified atom stereocenters. The zero-order chi connectivity index (χ0) is 12.1. The zero-order valence-electron chi connectivity index (χ0n) is 10.2. The van der Waals surface area contributed by atoms with Crippen LogP contribution in [0.15, 0.2) is 41.8 Å². The second kappa shape index (κ2) is 5.99. The minimum absolute atomic E-state index is 0.483. The lowest BCUT2D eigenvalue weighted by molar-refractivity contribution is 0.637. The van der Waals surface area contributed by atoms with E-state index in [9.17, 15) is 0 Å². The molecule has 2 aromatic rings. The van der Waals surface area contributed by atoms with Crippen molar-refractivity contribution in [2.75, 3.05) is 6.54 Å². The van der Waals surface area contributed by atoms with E-state index in [-0.39, 0.29) is 0 Å². The van der Waals surface area contributed by atoms with E-state index in [1.54, 1.807) is 0 Å². The Morgan fingerprint density at radius 1 is 1.24 bits per heavy atom. The fraction of sp³-hybridized carbons (Fsp3) is 0.333. The van der Waals surface area contributed by atoms with Crippen LogP contribution < -0.4 is 5.73 Å². The minimum atomic E-state index is 0.483. The molecule has 17 heavy (non-hydrogen) atoms. The predicted molar refractivity (Wildman–Crippen MR) is 75.6 cm³/mol. The van der Waals surface area contributed by atoms with Crippen LogP contribution in [-0.2, 0) is 6.42 Å². The largest absolute Gasteiger partial charge is 0.330 e. The smallest absolute Gasteiger partial charge is 0.00454 e. The SMILES string of the molecule is Cc1cccc(C(CN)CCc2cccs2)c1. The predicted octanol–water partition coefficient (Wildman–Crippen LogP) is 3.73. The van der Waals surface area contributed by atoms with Gasteiger partial charge in [-0.1, -0.05) is 35.9 Å². The number of hydrogen-bond donors (Lipinski definition) is 1. The zero-order valence-corrected chi connectivity index (χ0v) is 11.0. The van der Waals surface area contributed by atoms with Gasteiger partial charge in [0.2, 0.25) is 0 Å². The van der Waals surface area contributed by atoms with Crippen LogP contribution >= 0.6 is 11.3 Å². The molecule has 0 fully saturated rings. The molecule has 1 aromatic carbocycles. The van der Waals surface area contributed by atoms with E-state index >= 15 is 0 Å². The molecule has 0 radical (unpaired) electrons. The van der Waals surface area contributed by atoms with Crippen molar-refractivity contribution < 1.29 is 0 Å². The number of nitrogens with two attached hydrogens (primary N) is 1. The Hall–Kier alpha value is -1.12. The maximum Gasteiger partial charge on any atom is 0.00454 e. The third-order valence-electron chi connectivity index (χ3n) is 3.12. The van der Waals surface area contributed by atoms with Crippen molar-refractivity contribution in [3.05, 3.63) is 57.8 Å². The first-order chi connectivity index (χ1) is 8.29. The fourth-order valence-electron chi connectivity index (χ4n) is 2.12. The highest BCUT2D eigenvalue weighted by atomic mass is 32.1. The van der Waals surface area contributed by atoms with E-state index in [1.165, 1.54) is 16.0 Å². The Kier molecular flexibility index (Phi) is 4.35. The van der Waals surface area contributed by atoms with Crippen molar-refractivity contribution >= 4 is 11.3 Å². The summed E-state index contributed by atoms with van der Waals surface area (Å²) in [5.74, 6) is 0.483. The van der Waals surface area contributed by atoms with E-state index in [0.29, 0.717) is 5.92 Å². The van der Waals surface area contributed by atoms with Gasteiger partial charge in [0, 0.05) is 4.88 Å². The number of thiophene rings is 1. The summed E-state index contributed by atoms with van der Waals surface area (Å²) in [6.45, 7) is 2.87. The lowest BCUT2D eigenvalue weighted by Gasteiger charge is -2.15. The summed E-state index contributed by atoms with van der Waals surface area (Å²) in [5, 5.41) is 2.14. The van der Waals surface area contributed by atoms with E-state index in [1.807, 2.05) is 11.3 Å². The topological polar surface area (TPSA) is 26.0 Å². The Morgan fingerprint density at radius 2 is 2.12 bits per heavy atom. The third kappa shape index (κ3) is 3.42. The molecule has 1 aromatic heterocycles. The molecule has 0 saturated carbocycles. The van der Waals surface area contributed by atoms with Crippen molar-refractivity contribution in [3.63, 3.8) is 0 Å². The van der Waals surface area contributed by atoms with Gasteiger partial charge in [-0.3, -0.25) is 0 Å². The Morgan fingerprint density at radius 3 is 2.76 bits per heavy atom. The molecule has 0 bridgehead atoms. The molecule has 2 rings (SSSR count). The highest BCUT2D eigenvalue weighted by Gasteiger charge is 2.10. The average molecular weight is 245 g/mol. The first-order valence-electron chi connectivity index (χ1n) is 6.08. The number of aryl methyl sites for hydroxylation is 2. The maximum atomic E-state index is 5.90. The van der Waals surface area contributed by atoms with E-state index in [2.05, 4.69) is 48.7 Å². The molecule has 90 valence electrons. The number of benzene rings is 1. The second-order valence-electron chi connectivity index (χ2n) is 4.46. The molecule has 0 amide bonds. The Balaban J connectivity index is 2.01. The molecular weight excluding hydrogens is 226 g/mol. The van der Waals surface area contributed by atoms with Crippen LogP contribution in [-0.4, -0.2) is 6.54 Å². The summed E-state index contributed by atoms with van der Waals surface area (Å²) in [7, 11) is 0. The van der Waals surface area contributed by atoms with Gasteiger partial charge in [0.05, 0.1) is 0 Å². The third-order valence-corrected chi connectivity index (χ3v) is 4.05. The van der Waals surface area contributed by atoms with Gasteiger partial charge in [-0.15, -0.1) is 11.3 Å². The van der Waals surface area contributed by atoms with Gasteiger partial charge >= 0.3 is 0 Å². The fourth-order valence-corrected chi connectivity index (χ4v) is 2.84. The number of hydrogen-bond acceptors (Lipinski definition) is 2. The van der Waals surface area contributed by atoms with Crippen molar-refractivity contribution in [2.24, 2.45) is 5.73 Å². The first kappa shape index (κ1) is 12.3. The molecule has 0 saturated heterocycles. The van der Waals surface area contributed by atoms with Gasteiger partial charge in [-0.25, -0.2) is 0 Å². The van der Waals surface area contributed by atoms with Crippen molar-refractivity contribution in [2.45, 2.75) is 25.7 Å². The summed E-state index contributed by atoms with van der Waals surface area (Å²) in [6.07, 6.45) is 2.27. The summed E-state index contributed by atoms with van der Waals surface area (Å²) in [5.41, 5.74) is 8.59. The molecule has 1 heterocycles. The standard InChI is InChI=1S/C15H19NS/c1-12-4-2-5-13(10-12)14(11-16)7-8-15-6-3-9-17-15/h2-6,9-10,14H,7-8,11,16H2,1H3. The molecule has 0 spiro atoms. The first-order valence-corrected chi connectivity index (χ1v) is 6.96. The molecule has 1 atom stereocenters. The lowest BCUT2D eigenvalue weighted by Crippen LogP contribution is -2.13. The van der Waals surface area contributed by atoms with Crippen LogP contribution in [0.25, 0.3) is 0 Å². The Bertz CT molecular complexity index is 448. The van der Waals surface area contributed by atoms with E-state index in [4.69, 9.17) is 5.73 Å².